The second kappa shape index (κ2) is 7.49. The summed E-state index contributed by atoms with van der Waals surface area (Å²) in [5, 5.41) is 1.02. The fourth-order valence-electron chi connectivity index (χ4n) is 0.940. The van der Waals surface area contributed by atoms with Crippen molar-refractivity contribution in [2.45, 2.75) is 20.8 Å². The van der Waals surface area contributed by atoms with Crippen LogP contribution in [0.3, 0.4) is 0 Å². The minimum atomic E-state index is 0.498. The molecular weight excluding hydrogens is 231 g/mol. The molecule has 0 aromatic heterocycles. The first-order valence-electron chi connectivity index (χ1n) is 4.72. The molecule has 1 aromatic carbocycles. The van der Waals surface area contributed by atoms with Crippen LogP contribution in [0.1, 0.15) is 26.3 Å². The first-order valence-corrected chi connectivity index (χ1v) is 5.48. The fourth-order valence-corrected chi connectivity index (χ4v) is 1.24. The maximum absolute atomic E-state index is 10.2. The molecule has 0 aliphatic heterocycles. The fraction of sp³-hybridized carbons (Fsp3) is 0.250. The van der Waals surface area contributed by atoms with E-state index < -0.39 is 0 Å². The van der Waals surface area contributed by atoms with Gasteiger partial charge in [0.05, 0.1) is 10.0 Å². The molecule has 0 aliphatic rings. The van der Waals surface area contributed by atoms with E-state index >= 15 is 0 Å². The van der Waals surface area contributed by atoms with Crippen LogP contribution in [-0.4, -0.2) is 6.29 Å². The summed E-state index contributed by atoms with van der Waals surface area (Å²) in [6, 6.07) is 5.27. The van der Waals surface area contributed by atoms with Crippen LogP contribution in [-0.2, 0) is 4.79 Å². The molecule has 3 heteroatoms. The molecule has 0 aliphatic carbocycles. The van der Waals surface area contributed by atoms with E-state index in [-0.39, 0.29) is 0 Å². The van der Waals surface area contributed by atoms with E-state index in [4.69, 9.17) is 23.2 Å². The van der Waals surface area contributed by atoms with Gasteiger partial charge in [-0.25, -0.2) is 0 Å². The van der Waals surface area contributed by atoms with Crippen LogP contribution in [0.5, 0.6) is 0 Å². The smallest absolute Gasteiger partial charge is 0.143 e. The molecule has 0 heterocycles. The van der Waals surface area contributed by atoms with E-state index in [0.717, 1.165) is 17.4 Å². The van der Waals surface area contributed by atoms with Gasteiger partial charge in [0.25, 0.3) is 0 Å². The van der Waals surface area contributed by atoms with E-state index in [2.05, 4.69) is 0 Å². The Morgan fingerprint density at radius 1 is 1.20 bits per heavy atom. The minimum absolute atomic E-state index is 0.498. The van der Waals surface area contributed by atoms with Crippen molar-refractivity contribution in [3.63, 3.8) is 0 Å². The molecule has 1 aromatic rings. The first kappa shape index (κ1) is 14.2. The van der Waals surface area contributed by atoms with Gasteiger partial charge in [-0.05, 0) is 36.3 Å². The van der Waals surface area contributed by atoms with Gasteiger partial charge in [-0.15, -0.1) is 0 Å². The number of aldehydes is 1. The zero-order valence-corrected chi connectivity index (χ0v) is 10.6. The van der Waals surface area contributed by atoms with Crippen LogP contribution in [0.2, 0.25) is 10.0 Å². The van der Waals surface area contributed by atoms with E-state index in [0.29, 0.717) is 10.0 Å². The summed E-state index contributed by atoms with van der Waals surface area (Å²) in [5.41, 5.74) is 1.77. The Morgan fingerprint density at radius 2 is 1.80 bits per heavy atom. The minimum Gasteiger partial charge on any atom is -0.299 e. The molecule has 0 spiro atoms. The predicted molar refractivity (Wildman–Crippen MR) is 67.5 cm³/mol. The van der Waals surface area contributed by atoms with E-state index in [9.17, 15) is 4.79 Å². The van der Waals surface area contributed by atoms with Gasteiger partial charge in [0.2, 0.25) is 0 Å². The van der Waals surface area contributed by atoms with Crippen LogP contribution >= 0.6 is 23.2 Å². The van der Waals surface area contributed by atoms with Crippen LogP contribution in [0.25, 0.3) is 5.57 Å². The van der Waals surface area contributed by atoms with Crippen molar-refractivity contribution in [3.8, 4) is 0 Å². The lowest BCUT2D eigenvalue weighted by Crippen LogP contribution is -1.80. The Balaban J connectivity index is 0.000000921. The number of hydrogen-bond donors (Lipinski definition) is 0. The van der Waals surface area contributed by atoms with Crippen LogP contribution in [0.15, 0.2) is 24.3 Å². The highest BCUT2D eigenvalue weighted by Gasteiger charge is 2.00. The van der Waals surface area contributed by atoms with Crippen molar-refractivity contribution in [1.82, 2.24) is 0 Å². The van der Waals surface area contributed by atoms with E-state index in [1.807, 2.05) is 26.8 Å². The SMILES string of the molecule is C/C(=C\C=O)c1ccc(Cl)c(Cl)c1.CC. The highest BCUT2D eigenvalue weighted by Crippen LogP contribution is 2.25. The normalized spacial score (nSPS) is 10.3. The summed E-state index contributed by atoms with van der Waals surface area (Å²) >= 11 is 11.6. The molecule has 0 bridgehead atoms. The number of carbonyl (C=O) groups excluding carboxylic acids is 1. The molecule has 0 radical (unpaired) electrons. The summed E-state index contributed by atoms with van der Waals surface area (Å²) in [6.45, 7) is 5.84. The summed E-state index contributed by atoms with van der Waals surface area (Å²) in [7, 11) is 0. The number of hydrogen-bond acceptors (Lipinski definition) is 1. The lowest BCUT2D eigenvalue weighted by molar-refractivity contribution is -0.104. The lowest BCUT2D eigenvalue weighted by Gasteiger charge is -2.01. The zero-order valence-electron chi connectivity index (χ0n) is 9.05. The molecule has 0 amide bonds. The van der Waals surface area contributed by atoms with Gasteiger partial charge < -0.3 is 0 Å². The average Bonchev–Trinajstić information content (AvgIpc) is 2.25. The largest absolute Gasteiger partial charge is 0.299 e. The van der Waals surface area contributed by atoms with Crippen LogP contribution < -0.4 is 0 Å². The monoisotopic (exact) mass is 244 g/mol. The molecule has 0 unspecified atom stereocenters. The van der Waals surface area contributed by atoms with E-state index in [1.165, 1.54) is 6.08 Å². The summed E-state index contributed by atoms with van der Waals surface area (Å²) < 4.78 is 0. The molecule has 0 fully saturated rings. The Bertz CT molecular complexity index is 357. The van der Waals surface area contributed by atoms with Crippen LogP contribution in [0.4, 0.5) is 0 Å². The van der Waals surface area contributed by atoms with Crippen LogP contribution in [0, 0.1) is 0 Å². The molecule has 0 atom stereocenters. The predicted octanol–water partition coefficient (Wildman–Crippen LogP) is 4.62. The highest BCUT2D eigenvalue weighted by atomic mass is 35.5. The second-order valence-corrected chi connectivity index (χ2v) is 3.43. The second-order valence-electron chi connectivity index (χ2n) is 2.61. The Hall–Kier alpha value is -0.790. The van der Waals surface area contributed by atoms with Crippen molar-refractivity contribution in [3.05, 3.63) is 39.9 Å². The van der Waals surface area contributed by atoms with Gasteiger partial charge in [0.1, 0.15) is 6.29 Å². The Kier molecular flexibility index (Phi) is 7.10. The summed E-state index contributed by atoms with van der Waals surface area (Å²) in [4.78, 5) is 10.2. The molecule has 15 heavy (non-hydrogen) atoms. The molecule has 0 saturated heterocycles. The van der Waals surface area contributed by atoms with Gasteiger partial charge in [-0.1, -0.05) is 43.1 Å². The topological polar surface area (TPSA) is 17.1 Å². The van der Waals surface area contributed by atoms with Gasteiger partial charge in [0, 0.05) is 0 Å². The number of halogens is 2. The van der Waals surface area contributed by atoms with Gasteiger partial charge in [0.15, 0.2) is 0 Å². The maximum Gasteiger partial charge on any atom is 0.143 e. The zero-order chi connectivity index (χ0) is 11.8. The number of rotatable bonds is 2. The third-order valence-corrected chi connectivity index (χ3v) is 2.43. The Morgan fingerprint density at radius 3 is 2.27 bits per heavy atom. The molecule has 1 nitrogen and oxygen atoms in total. The number of allylic oxidation sites excluding steroid dienone is 2. The quantitative estimate of drug-likeness (QED) is 0.548. The molecule has 0 saturated carbocycles. The number of carbonyl (C=O) groups is 1. The third kappa shape index (κ3) is 4.50. The molecule has 1 rings (SSSR count). The van der Waals surface area contributed by atoms with Gasteiger partial charge in [-0.2, -0.15) is 0 Å². The Labute approximate surface area is 101 Å². The molecule has 0 N–H and O–H groups in total. The third-order valence-electron chi connectivity index (χ3n) is 1.69. The summed E-state index contributed by atoms with van der Waals surface area (Å²) in [6.07, 6.45) is 2.23. The first-order chi connectivity index (χ1) is 7.15. The van der Waals surface area contributed by atoms with Crippen molar-refractivity contribution in [1.29, 1.82) is 0 Å². The molecule has 82 valence electrons. The van der Waals surface area contributed by atoms with Crippen molar-refractivity contribution in [2.75, 3.05) is 0 Å². The van der Waals surface area contributed by atoms with Gasteiger partial charge in [-0.3, -0.25) is 4.79 Å². The standard InChI is InChI=1S/C10H8Cl2O.C2H6/c1-7(4-5-13)8-2-3-9(11)10(12)6-8;1-2/h2-6H,1H3;1-2H3/b7-4+;. The summed E-state index contributed by atoms with van der Waals surface area (Å²) in [5.74, 6) is 0. The maximum atomic E-state index is 10.2. The molecular formula is C12H14Cl2O. The highest BCUT2D eigenvalue weighted by molar-refractivity contribution is 6.42. The van der Waals surface area contributed by atoms with Gasteiger partial charge >= 0.3 is 0 Å². The van der Waals surface area contributed by atoms with E-state index in [1.54, 1.807) is 12.1 Å². The number of benzene rings is 1. The van der Waals surface area contributed by atoms with Crippen molar-refractivity contribution in [2.24, 2.45) is 0 Å². The lowest BCUT2D eigenvalue weighted by atomic mass is 10.1. The average molecular weight is 245 g/mol. The van der Waals surface area contributed by atoms with Crippen molar-refractivity contribution >= 4 is 35.1 Å². The van der Waals surface area contributed by atoms with Crippen molar-refractivity contribution < 1.29 is 4.79 Å².